The Hall–Kier alpha value is -2.19. The summed E-state index contributed by atoms with van der Waals surface area (Å²) in [7, 11) is -3.92. The number of hydrogen-bond acceptors (Lipinski definition) is 5. The molecule has 168 valence electrons. The molecule has 1 atom stereocenters. The lowest BCUT2D eigenvalue weighted by Crippen LogP contribution is -2.46. The second-order valence-corrected chi connectivity index (χ2v) is 10.4. The molecule has 0 radical (unpaired) electrons. The normalized spacial score (nSPS) is 16.7. The van der Waals surface area contributed by atoms with Crippen molar-refractivity contribution in [1.82, 2.24) is 4.90 Å². The van der Waals surface area contributed by atoms with Crippen LogP contribution in [0.1, 0.15) is 26.7 Å². The number of ether oxygens (including phenoxy) is 1. The molecule has 0 aliphatic carbocycles. The zero-order chi connectivity index (χ0) is 22.4. The number of likely N-dealkylation sites (tertiary alicyclic amines) is 1. The molecule has 1 fully saturated rings. The largest absolute Gasteiger partial charge is 0.494 e. The van der Waals surface area contributed by atoms with E-state index in [0.717, 1.165) is 17.7 Å². The van der Waals surface area contributed by atoms with Gasteiger partial charge in [0, 0.05) is 18.0 Å². The molecule has 8 heteroatoms. The van der Waals surface area contributed by atoms with Gasteiger partial charge in [0.05, 0.1) is 17.2 Å². The van der Waals surface area contributed by atoms with Gasteiger partial charge in [0.2, 0.25) is 5.91 Å². The van der Waals surface area contributed by atoms with E-state index in [1.54, 1.807) is 65.2 Å². The van der Waals surface area contributed by atoms with E-state index in [0.29, 0.717) is 37.1 Å². The second kappa shape index (κ2) is 10.4. The molecular formula is C23H30N2O4S2. The average Bonchev–Trinajstić information content (AvgIpc) is 2.78. The van der Waals surface area contributed by atoms with Crippen molar-refractivity contribution in [1.29, 1.82) is 0 Å². The number of sulfonamides is 1. The molecule has 1 saturated heterocycles. The quantitative estimate of drug-likeness (QED) is 0.549. The number of nitrogens with zero attached hydrogens (tertiary/aromatic N) is 2. The minimum atomic E-state index is -3.92. The molecule has 3 rings (SSSR count). The topological polar surface area (TPSA) is 66.9 Å². The highest BCUT2D eigenvalue weighted by Gasteiger charge is 2.30. The predicted octanol–water partition coefficient (Wildman–Crippen LogP) is 4.26. The summed E-state index contributed by atoms with van der Waals surface area (Å²) in [6.07, 6.45) is 3.97. The molecule has 2 aromatic rings. The standard InChI is InChI=1S/C23H30N2O4S2/c1-4-29-20-9-7-19(8-10-20)25(17-23(26)24-15-5-6-18(2)16-24)31(27,28)22-13-11-21(30-3)12-14-22/h7-14,18H,4-6,15-17H2,1-3H3. The van der Waals surface area contributed by atoms with Gasteiger partial charge < -0.3 is 9.64 Å². The van der Waals surface area contributed by atoms with Crippen molar-refractivity contribution in [3.63, 3.8) is 0 Å². The number of anilines is 1. The number of piperidine rings is 1. The van der Waals surface area contributed by atoms with E-state index in [4.69, 9.17) is 4.74 Å². The number of thioether (sulfide) groups is 1. The van der Waals surface area contributed by atoms with E-state index >= 15 is 0 Å². The van der Waals surface area contributed by atoms with Gasteiger partial charge in [0.15, 0.2) is 0 Å². The molecule has 2 aromatic carbocycles. The summed E-state index contributed by atoms with van der Waals surface area (Å²) in [5.74, 6) is 0.904. The molecule has 1 unspecified atom stereocenters. The molecule has 0 N–H and O–H groups in total. The fourth-order valence-electron chi connectivity index (χ4n) is 3.70. The van der Waals surface area contributed by atoms with Crippen LogP contribution >= 0.6 is 11.8 Å². The van der Waals surface area contributed by atoms with Crippen LogP contribution in [-0.2, 0) is 14.8 Å². The van der Waals surface area contributed by atoms with Crippen LogP contribution in [-0.4, -0.2) is 51.7 Å². The summed E-state index contributed by atoms with van der Waals surface area (Å²) in [5, 5.41) is 0. The van der Waals surface area contributed by atoms with Gasteiger partial charge >= 0.3 is 0 Å². The first-order valence-corrected chi connectivity index (χ1v) is 13.2. The molecular weight excluding hydrogens is 432 g/mol. The molecule has 0 spiro atoms. The zero-order valence-corrected chi connectivity index (χ0v) is 19.9. The number of carbonyl (C=O) groups excluding carboxylic acids is 1. The molecule has 1 aliphatic heterocycles. The minimum absolute atomic E-state index is 0.166. The maximum atomic E-state index is 13.5. The lowest BCUT2D eigenvalue weighted by atomic mass is 10.0. The average molecular weight is 463 g/mol. The molecule has 6 nitrogen and oxygen atoms in total. The second-order valence-electron chi connectivity index (χ2n) is 7.70. The zero-order valence-electron chi connectivity index (χ0n) is 18.3. The van der Waals surface area contributed by atoms with Gasteiger partial charge in [-0.3, -0.25) is 9.10 Å². The van der Waals surface area contributed by atoms with Crippen molar-refractivity contribution >= 4 is 33.4 Å². The molecule has 1 aliphatic rings. The Labute approximate surface area is 189 Å². The summed E-state index contributed by atoms with van der Waals surface area (Å²) < 4.78 is 33.8. The Bertz CT molecular complexity index is 976. The molecule has 1 amide bonds. The summed E-state index contributed by atoms with van der Waals surface area (Å²) in [4.78, 5) is 16.0. The SMILES string of the molecule is CCOc1ccc(N(CC(=O)N2CCCC(C)C2)S(=O)(=O)c2ccc(SC)cc2)cc1. The van der Waals surface area contributed by atoms with Gasteiger partial charge in [-0.05, 0) is 80.5 Å². The van der Waals surface area contributed by atoms with Crippen LogP contribution in [0.15, 0.2) is 58.3 Å². The smallest absolute Gasteiger partial charge is 0.264 e. The van der Waals surface area contributed by atoms with Crippen LogP contribution < -0.4 is 9.04 Å². The number of hydrogen-bond donors (Lipinski definition) is 0. The van der Waals surface area contributed by atoms with Gasteiger partial charge in [-0.15, -0.1) is 11.8 Å². The molecule has 0 saturated carbocycles. The van der Waals surface area contributed by atoms with E-state index in [9.17, 15) is 13.2 Å². The van der Waals surface area contributed by atoms with Crippen LogP contribution in [0.5, 0.6) is 5.75 Å². The molecule has 0 bridgehead atoms. The van der Waals surface area contributed by atoms with Crippen LogP contribution in [0.25, 0.3) is 0 Å². The van der Waals surface area contributed by atoms with Gasteiger partial charge in [0.25, 0.3) is 10.0 Å². The Kier molecular flexibility index (Phi) is 7.89. The van der Waals surface area contributed by atoms with Crippen LogP contribution in [0.2, 0.25) is 0 Å². The van der Waals surface area contributed by atoms with Crippen molar-refractivity contribution < 1.29 is 17.9 Å². The van der Waals surface area contributed by atoms with E-state index in [-0.39, 0.29) is 17.3 Å². The fourth-order valence-corrected chi connectivity index (χ4v) is 5.53. The number of benzene rings is 2. The Morgan fingerprint density at radius 2 is 1.84 bits per heavy atom. The Balaban J connectivity index is 1.93. The van der Waals surface area contributed by atoms with Crippen molar-refractivity contribution in [3.8, 4) is 5.75 Å². The highest BCUT2D eigenvalue weighted by Crippen LogP contribution is 2.28. The summed E-state index contributed by atoms with van der Waals surface area (Å²) >= 11 is 1.55. The molecule has 31 heavy (non-hydrogen) atoms. The van der Waals surface area contributed by atoms with E-state index in [1.807, 2.05) is 13.2 Å². The summed E-state index contributed by atoms with van der Waals surface area (Å²) in [6.45, 7) is 5.64. The first-order chi connectivity index (χ1) is 14.8. The number of carbonyl (C=O) groups is 1. The van der Waals surface area contributed by atoms with E-state index < -0.39 is 10.0 Å². The van der Waals surface area contributed by atoms with E-state index in [1.165, 1.54) is 4.31 Å². The third kappa shape index (κ3) is 5.74. The lowest BCUT2D eigenvalue weighted by molar-refractivity contribution is -0.131. The van der Waals surface area contributed by atoms with Gasteiger partial charge in [-0.25, -0.2) is 8.42 Å². The molecule has 1 heterocycles. The fraction of sp³-hybridized carbons (Fsp3) is 0.435. The summed E-state index contributed by atoms with van der Waals surface area (Å²) in [5.41, 5.74) is 0.441. The van der Waals surface area contributed by atoms with Crippen LogP contribution in [0.3, 0.4) is 0 Å². The molecule has 0 aromatic heterocycles. The first-order valence-electron chi connectivity index (χ1n) is 10.5. The third-order valence-corrected chi connectivity index (χ3v) is 7.90. The van der Waals surface area contributed by atoms with Gasteiger partial charge in [-0.2, -0.15) is 0 Å². The minimum Gasteiger partial charge on any atom is -0.494 e. The Morgan fingerprint density at radius 3 is 2.42 bits per heavy atom. The van der Waals surface area contributed by atoms with Crippen LogP contribution in [0.4, 0.5) is 5.69 Å². The maximum absolute atomic E-state index is 13.5. The van der Waals surface area contributed by atoms with Gasteiger partial charge in [0.1, 0.15) is 12.3 Å². The highest BCUT2D eigenvalue weighted by molar-refractivity contribution is 7.98. The lowest BCUT2D eigenvalue weighted by Gasteiger charge is -2.33. The summed E-state index contributed by atoms with van der Waals surface area (Å²) in [6, 6.07) is 13.6. The van der Waals surface area contributed by atoms with Crippen LogP contribution in [0, 0.1) is 5.92 Å². The van der Waals surface area contributed by atoms with Gasteiger partial charge in [-0.1, -0.05) is 6.92 Å². The van der Waals surface area contributed by atoms with Crippen molar-refractivity contribution in [3.05, 3.63) is 48.5 Å². The number of amides is 1. The first kappa shape index (κ1) is 23.5. The highest BCUT2D eigenvalue weighted by atomic mass is 32.2. The van der Waals surface area contributed by atoms with Crippen molar-refractivity contribution in [2.24, 2.45) is 5.92 Å². The van der Waals surface area contributed by atoms with E-state index in [2.05, 4.69) is 6.92 Å². The number of rotatable bonds is 8. The predicted molar refractivity (Wildman–Crippen MR) is 125 cm³/mol. The van der Waals surface area contributed by atoms with Crippen molar-refractivity contribution in [2.45, 2.75) is 36.5 Å². The monoisotopic (exact) mass is 462 g/mol. The van der Waals surface area contributed by atoms with Crippen molar-refractivity contribution in [2.75, 3.05) is 36.8 Å². The third-order valence-electron chi connectivity index (χ3n) is 5.37. The Morgan fingerprint density at radius 1 is 1.16 bits per heavy atom. The maximum Gasteiger partial charge on any atom is 0.264 e.